The maximum Gasteiger partial charge on any atom is 0.225 e. The van der Waals surface area contributed by atoms with Gasteiger partial charge in [0.1, 0.15) is 5.82 Å². The second kappa shape index (κ2) is 12.9. The van der Waals surface area contributed by atoms with Gasteiger partial charge in [0, 0.05) is 44.7 Å². The predicted octanol–water partition coefficient (Wildman–Crippen LogP) is 2.68. The number of anilines is 2. The third kappa shape index (κ3) is 7.27. The van der Waals surface area contributed by atoms with Gasteiger partial charge in [-0.15, -0.1) is 0 Å². The number of benzene rings is 1. The minimum Gasteiger partial charge on any atom is -0.379 e. The second-order valence-electron chi connectivity index (χ2n) is 8.59. The first-order valence-corrected chi connectivity index (χ1v) is 12.2. The third-order valence-corrected chi connectivity index (χ3v) is 6.19. The molecule has 8 nitrogen and oxygen atoms in total. The van der Waals surface area contributed by atoms with Gasteiger partial charge >= 0.3 is 0 Å². The number of aromatic nitrogens is 2. The van der Waals surface area contributed by atoms with Crippen LogP contribution < -0.4 is 10.6 Å². The average Bonchev–Trinajstić information content (AvgIpc) is 2.85. The molecule has 8 heteroatoms. The molecule has 2 aliphatic rings. The normalized spacial score (nSPS) is 18.1. The summed E-state index contributed by atoms with van der Waals surface area (Å²) in [6, 6.07) is 8.24. The Morgan fingerprint density at radius 1 is 0.719 bits per heavy atom. The SMILES string of the molecule is c1ccc2c(NCCCCN3CCOCC3)nc(NCCCCN3CCOCC3)nc2c1. The van der Waals surface area contributed by atoms with Crippen LogP contribution in [0.5, 0.6) is 0 Å². The van der Waals surface area contributed by atoms with E-state index in [1.165, 1.54) is 12.8 Å². The number of ether oxygens (including phenoxy) is 2. The van der Waals surface area contributed by atoms with Crippen molar-refractivity contribution in [3.05, 3.63) is 24.3 Å². The molecule has 0 spiro atoms. The highest BCUT2D eigenvalue weighted by atomic mass is 16.5. The summed E-state index contributed by atoms with van der Waals surface area (Å²) in [5, 5.41) is 8.08. The number of para-hydroxylation sites is 1. The Hall–Kier alpha value is -2.00. The van der Waals surface area contributed by atoms with Gasteiger partial charge in [-0.2, -0.15) is 4.98 Å². The maximum absolute atomic E-state index is 5.43. The van der Waals surface area contributed by atoms with Crippen LogP contribution in [0, 0.1) is 0 Å². The van der Waals surface area contributed by atoms with E-state index < -0.39 is 0 Å². The molecular weight excluding hydrogens is 404 g/mol. The number of nitrogens with zero attached hydrogens (tertiary/aromatic N) is 4. The predicted molar refractivity (Wildman–Crippen MR) is 130 cm³/mol. The molecule has 2 N–H and O–H groups in total. The van der Waals surface area contributed by atoms with Crippen LogP contribution >= 0.6 is 0 Å². The highest BCUT2D eigenvalue weighted by Crippen LogP contribution is 2.22. The van der Waals surface area contributed by atoms with Crippen molar-refractivity contribution in [1.29, 1.82) is 0 Å². The van der Waals surface area contributed by atoms with Gasteiger partial charge < -0.3 is 20.1 Å². The van der Waals surface area contributed by atoms with Crippen LogP contribution in [0.2, 0.25) is 0 Å². The molecule has 1 aromatic carbocycles. The van der Waals surface area contributed by atoms with Crippen LogP contribution in [0.1, 0.15) is 25.7 Å². The fourth-order valence-corrected chi connectivity index (χ4v) is 4.27. The fourth-order valence-electron chi connectivity index (χ4n) is 4.27. The topological polar surface area (TPSA) is 74.8 Å². The Labute approximate surface area is 191 Å². The largest absolute Gasteiger partial charge is 0.379 e. The number of unbranched alkanes of at least 4 members (excludes halogenated alkanes) is 2. The zero-order chi connectivity index (χ0) is 21.8. The molecule has 0 saturated carbocycles. The Bertz CT molecular complexity index is 808. The molecule has 0 unspecified atom stereocenters. The molecule has 2 aliphatic heterocycles. The minimum absolute atomic E-state index is 0.714. The van der Waals surface area contributed by atoms with Gasteiger partial charge in [-0.3, -0.25) is 9.80 Å². The van der Waals surface area contributed by atoms with Crippen LogP contribution in [-0.2, 0) is 9.47 Å². The molecule has 1 aromatic heterocycles. The van der Waals surface area contributed by atoms with E-state index in [1.807, 2.05) is 12.1 Å². The molecule has 0 radical (unpaired) electrons. The van der Waals surface area contributed by atoms with E-state index in [-0.39, 0.29) is 0 Å². The first-order valence-electron chi connectivity index (χ1n) is 12.2. The monoisotopic (exact) mass is 442 g/mol. The first-order chi connectivity index (χ1) is 15.9. The number of rotatable bonds is 12. The van der Waals surface area contributed by atoms with Crippen LogP contribution in [-0.4, -0.2) is 98.6 Å². The molecule has 4 rings (SSSR count). The van der Waals surface area contributed by atoms with Gasteiger partial charge in [-0.05, 0) is 50.9 Å². The summed E-state index contributed by atoms with van der Waals surface area (Å²) in [5.74, 6) is 1.64. The van der Waals surface area contributed by atoms with E-state index in [0.29, 0.717) is 5.95 Å². The minimum atomic E-state index is 0.714. The van der Waals surface area contributed by atoms with Crippen LogP contribution in [0.15, 0.2) is 24.3 Å². The Balaban J connectivity index is 1.22. The number of fused-ring (bicyclic) bond motifs is 1. The van der Waals surface area contributed by atoms with E-state index in [0.717, 1.165) is 108 Å². The Morgan fingerprint density at radius 3 is 1.97 bits per heavy atom. The molecule has 2 fully saturated rings. The van der Waals surface area contributed by atoms with Crippen molar-refractivity contribution in [1.82, 2.24) is 19.8 Å². The van der Waals surface area contributed by atoms with E-state index in [2.05, 4.69) is 32.6 Å². The highest BCUT2D eigenvalue weighted by molar-refractivity contribution is 5.89. The lowest BCUT2D eigenvalue weighted by Gasteiger charge is -2.26. The molecule has 0 amide bonds. The summed E-state index contributed by atoms with van der Waals surface area (Å²) >= 11 is 0. The lowest BCUT2D eigenvalue weighted by Crippen LogP contribution is -2.36. The van der Waals surface area contributed by atoms with Crippen molar-refractivity contribution in [3.63, 3.8) is 0 Å². The average molecular weight is 443 g/mol. The summed E-state index contributed by atoms with van der Waals surface area (Å²) in [7, 11) is 0. The van der Waals surface area contributed by atoms with E-state index in [1.54, 1.807) is 0 Å². The summed E-state index contributed by atoms with van der Waals surface area (Å²) in [6.07, 6.45) is 4.59. The van der Waals surface area contributed by atoms with E-state index in [4.69, 9.17) is 19.4 Å². The van der Waals surface area contributed by atoms with Gasteiger partial charge in [0.05, 0.1) is 31.9 Å². The molecule has 0 aliphatic carbocycles. The summed E-state index contributed by atoms with van der Waals surface area (Å²) < 4.78 is 10.8. The van der Waals surface area contributed by atoms with Gasteiger partial charge in [0.25, 0.3) is 0 Å². The fraction of sp³-hybridized carbons (Fsp3) is 0.667. The molecule has 3 heterocycles. The molecule has 2 aromatic rings. The van der Waals surface area contributed by atoms with Crippen molar-refractivity contribution in [2.45, 2.75) is 25.7 Å². The summed E-state index contributed by atoms with van der Waals surface area (Å²) in [4.78, 5) is 14.5. The van der Waals surface area contributed by atoms with Crippen molar-refractivity contribution >= 4 is 22.7 Å². The van der Waals surface area contributed by atoms with Crippen molar-refractivity contribution in [2.75, 3.05) is 89.4 Å². The molecular formula is C24H38N6O2. The molecule has 0 atom stereocenters. The lowest BCUT2D eigenvalue weighted by atomic mass is 10.2. The highest BCUT2D eigenvalue weighted by Gasteiger charge is 2.11. The molecule has 2 saturated heterocycles. The van der Waals surface area contributed by atoms with Crippen molar-refractivity contribution < 1.29 is 9.47 Å². The van der Waals surface area contributed by atoms with Crippen LogP contribution in [0.25, 0.3) is 10.9 Å². The zero-order valence-corrected chi connectivity index (χ0v) is 19.2. The van der Waals surface area contributed by atoms with Crippen molar-refractivity contribution in [2.24, 2.45) is 0 Å². The molecule has 0 bridgehead atoms. The lowest BCUT2D eigenvalue weighted by molar-refractivity contribution is 0.0372. The number of morpholine rings is 2. The first kappa shape index (κ1) is 23.2. The van der Waals surface area contributed by atoms with E-state index in [9.17, 15) is 0 Å². The Morgan fingerprint density at radius 2 is 1.31 bits per heavy atom. The van der Waals surface area contributed by atoms with Gasteiger partial charge in [-0.25, -0.2) is 4.98 Å². The quantitative estimate of drug-likeness (QED) is 0.486. The Kier molecular flexibility index (Phi) is 9.33. The van der Waals surface area contributed by atoms with Crippen LogP contribution in [0.4, 0.5) is 11.8 Å². The number of hydrogen-bond acceptors (Lipinski definition) is 8. The zero-order valence-electron chi connectivity index (χ0n) is 19.2. The molecule has 176 valence electrons. The third-order valence-electron chi connectivity index (χ3n) is 6.19. The van der Waals surface area contributed by atoms with Gasteiger partial charge in [-0.1, -0.05) is 12.1 Å². The summed E-state index contributed by atoms with van der Waals surface area (Å²) in [6.45, 7) is 11.8. The van der Waals surface area contributed by atoms with Crippen molar-refractivity contribution in [3.8, 4) is 0 Å². The summed E-state index contributed by atoms with van der Waals surface area (Å²) in [5.41, 5.74) is 0.981. The second-order valence-corrected chi connectivity index (χ2v) is 8.59. The number of hydrogen-bond donors (Lipinski definition) is 2. The van der Waals surface area contributed by atoms with Gasteiger partial charge in [0.2, 0.25) is 5.95 Å². The standard InChI is InChI=1S/C24H38N6O2/c1-2-8-22-21(7-1)23(25-9-3-5-11-29-13-17-31-18-14-29)28-24(27-22)26-10-4-6-12-30-15-19-32-20-16-30/h1-2,7-8H,3-6,9-20H2,(H2,25,26,27,28). The maximum atomic E-state index is 5.43. The van der Waals surface area contributed by atoms with E-state index >= 15 is 0 Å². The molecule has 32 heavy (non-hydrogen) atoms. The van der Waals surface area contributed by atoms with Gasteiger partial charge in [0.15, 0.2) is 0 Å². The number of nitrogens with one attached hydrogen (secondary N) is 2. The smallest absolute Gasteiger partial charge is 0.225 e. The van der Waals surface area contributed by atoms with Crippen LogP contribution in [0.3, 0.4) is 0 Å².